The average molecular weight is 392 g/mol. The zero-order chi connectivity index (χ0) is 21.0. The lowest BCUT2D eigenvalue weighted by Crippen LogP contribution is -2.54. The first-order valence-corrected chi connectivity index (χ1v) is 9.96. The van der Waals surface area contributed by atoms with E-state index in [9.17, 15) is 9.59 Å². The maximum Gasteiger partial charge on any atom is 0.270 e. The number of carbonyl (C=O) groups is 2. The Bertz CT molecular complexity index is 899. The largest absolute Gasteiger partial charge is 0.375 e. The molecule has 0 fully saturated rings. The molecule has 5 nitrogen and oxygen atoms in total. The molecule has 0 saturated carbocycles. The van der Waals surface area contributed by atoms with Crippen molar-refractivity contribution in [1.82, 2.24) is 15.5 Å². The van der Waals surface area contributed by atoms with Crippen molar-refractivity contribution in [3.05, 3.63) is 83.2 Å². The highest BCUT2D eigenvalue weighted by Gasteiger charge is 2.39. The number of nitrogens with zero attached hydrogens (tertiary/aromatic N) is 1. The van der Waals surface area contributed by atoms with Gasteiger partial charge in [0.2, 0.25) is 5.91 Å². The van der Waals surface area contributed by atoms with Crippen LogP contribution in [0.1, 0.15) is 38.8 Å². The third-order valence-corrected chi connectivity index (χ3v) is 4.95. The van der Waals surface area contributed by atoms with Crippen LogP contribution in [0.4, 0.5) is 0 Å². The van der Waals surface area contributed by atoms with E-state index in [1.54, 1.807) is 4.90 Å². The fraction of sp³-hybridized carbons (Fsp3) is 0.333. The highest BCUT2D eigenvalue weighted by molar-refractivity contribution is 6.00. The van der Waals surface area contributed by atoms with Gasteiger partial charge < -0.3 is 10.6 Å². The Morgan fingerprint density at radius 3 is 2.10 bits per heavy atom. The van der Waals surface area contributed by atoms with E-state index >= 15 is 0 Å². The van der Waals surface area contributed by atoms with Crippen molar-refractivity contribution in [3.8, 4) is 0 Å². The third-order valence-electron chi connectivity index (χ3n) is 4.95. The zero-order valence-electron chi connectivity index (χ0n) is 17.5. The van der Waals surface area contributed by atoms with Gasteiger partial charge in [-0.05, 0) is 18.1 Å². The number of amides is 2. The Morgan fingerprint density at radius 2 is 1.55 bits per heavy atom. The van der Waals surface area contributed by atoms with Gasteiger partial charge in [0, 0.05) is 17.7 Å². The third kappa shape index (κ3) is 4.86. The lowest BCUT2D eigenvalue weighted by atomic mass is 9.87. The Hall–Kier alpha value is -3.08. The topological polar surface area (TPSA) is 61.4 Å². The molecule has 0 saturated heterocycles. The molecule has 2 N–H and O–H groups in total. The lowest BCUT2D eigenvalue weighted by molar-refractivity contribution is -0.136. The first-order chi connectivity index (χ1) is 13.8. The highest BCUT2D eigenvalue weighted by atomic mass is 16.2. The van der Waals surface area contributed by atoms with E-state index < -0.39 is 6.04 Å². The van der Waals surface area contributed by atoms with Crippen molar-refractivity contribution in [1.29, 1.82) is 0 Å². The molecule has 1 heterocycles. The van der Waals surface area contributed by atoms with Crippen LogP contribution < -0.4 is 10.6 Å². The van der Waals surface area contributed by atoms with Crippen LogP contribution in [0.3, 0.4) is 0 Å². The molecule has 0 radical (unpaired) electrons. The number of nitrogens with one attached hydrogen (secondary N) is 2. The molecular formula is C24H29N3O2. The molecule has 0 aromatic heterocycles. The van der Waals surface area contributed by atoms with E-state index in [0.717, 1.165) is 16.8 Å². The summed E-state index contributed by atoms with van der Waals surface area (Å²) in [7, 11) is 0. The average Bonchev–Trinajstić information content (AvgIpc) is 2.70. The van der Waals surface area contributed by atoms with Crippen LogP contribution in [0.5, 0.6) is 0 Å². The fourth-order valence-corrected chi connectivity index (χ4v) is 3.42. The number of hydrogen-bond donors (Lipinski definition) is 2. The molecular weight excluding hydrogens is 362 g/mol. The van der Waals surface area contributed by atoms with E-state index in [1.807, 2.05) is 88.4 Å². The van der Waals surface area contributed by atoms with E-state index in [-0.39, 0.29) is 17.2 Å². The summed E-state index contributed by atoms with van der Waals surface area (Å²) in [5.41, 5.74) is 2.86. The number of benzene rings is 2. The summed E-state index contributed by atoms with van der Waals surface area (Å²) in [4.78, 5) is 27.9. The van der Waals surface area contributed by atoms with E-state index in [1.165, 1.54) is 0 Å². The normalized spacial score (nSPS) is 17.2. The van der Waals surface area contributed by atoms with E-state index in [0.29, 0.717) is 18.8 Å². The number of hydrogen-bond acceptors (Lipinski definition) is 3. The molecule has 1 aliphatic rings. The van der Waals surface area contributed by atoms with Crippen LogP contribution in [0.25, 0.3) is 0 Å². The van der Waals surface area contributed by atoms with Gasteiger partial charge in [0.05, 0.1) is 6.54 Å². The Balaban J connectivity index is 1.96. The molecule has 0 bridgehead atoms. The second-order valence-corrected chi connectivity index (χ2v) is 8.42. The van der Waals surface area contributed by atoms with Gasteiger partial charge in [-0.25, -0.2) is 0 Å². The van der Waals surface area contributed by atoms with Crippen LogP contribution in [-0.4, -0.2) is 22.8 Å². The molecule has 3 rings (SSSR count). The smallest absolute Gasteiger partial charge is 0.270 e. The quantitative estimate of drug-likeness (QED) is 0.819. The first kappa shape index (κ1) is 20.6. The van der Waals surface area contributed by atoms with Gasteiger partial charge in [-0.2, -0.15) is 0 Å². The Kier molecular flexibility index (Phi) is 6.06. The lowest BCUT2D eigenvalue weighted by Gasteiger charge is -2.40. The molecule has 0 aliphatic carbocycles. The van der Waals surface area contributed by atoms with E-state index in [4.69, 9.17) is 0 Å². The summed E-state index contributed by atoms with van der Waals surface area (Å²) >= 11 is 0. The van der Waals surface area contributed by atoms with Crippen LogP contribution in [0.15, 0.2) is 72.1 Å². The van der Waals surface area contributed by atoms with Gasteiger partial charge in [-0.1, -0.05) is 81.4 Å². The van der Waals surface area contributed by atoms with Gasteiger partial charge >= 0.3 is 0 Å². The Labute approximate surface area is 172 Å². The molecule has 29 heavy (non-hydrogen) atoms. The van der Waals surface area contributed by atoms with Crippen molar-refractivity contribution >= 4 is 11.8 Å². The van der Waals surface area contributed by atoms with Crippen molar-refractivity contribution < 1.29 is 9.59 Å². The van der Waals surface area contributed by atoms with Crippen LogP contribution in [0, 0.1) is 5.41 Å². The van der Waals surface area contributed by atoms with Crippen molar-refractivity contribution in [2.75, 3.05) is 0 Å². The maximum atomic E-state index is 13.3. The zero-order valence-corrected chi connectivity index (χ0v) is 17.5. The maximum absolute atomic E-state index is 13.3. The van der Waals surface area contributed by atoms with Crippen molar-refractivity contribution in [2.24, 2.45) is 5.41 Å². The number of allylic oxidation sites excluding steroid dienone is 1. The second kappa shape index (κ2) is 8.52. The molecule has 2 aromatic carbocycles. The number of rotatable bonds is 5. The van der Waals surface area contributed by atoms with Crippen LogP contribution in [0.2, 0.25) is 0 Å². The second-order valence-electron chi connectivity index (χ2n) is 8.42. The van der Waals surface area contributed by atoms with Gasteiger partial charge in [0.25, 0.3) is 5.91 Å². The molecule has 1 aliphatic heterocycles. The number of carbonyl (C=O) groups excluding carboxylic acids is 2. The monoisotopic (exact) mass is 391 g/mol. The van der Waals surface area contributed by atoms with Crippen LogP contribution in [-0.2, 0) is 22.7 Å². The van der Waals surface area contributed by atoms with Crippen molar-refractivity contribution in [2.45, 2.75) is 46.8 Å². The first-order valence-electron chi connectivity index (χ1n) is 9.96. The van der Waals surface area contributed by atoms with Gasteiger partial charge in [-0.15, -0.1) is 0 Å². The minimum atomic E-state index is -0.390. The summed E-state index contributed by atoms with van der Waals surface area (Å²) in [5, 5.41) is 6.27. The van der Waals surface area contributed by atoms with Crippen molar-refractivity contribution in [3.63, 3.8) is 0 Å². The van der Waals surface area contributed by atoms with Gasteiger partial charge in [-0.3, -0.25) is 14.5 Å². The summed E-state index contributed by atoms with van der Waals surface area (Å²) in [6.07, 6.45) is 0. The fourth-order valence-electron chi connectivity index (χ4n) is 3.42. The summed E-state index contributed by atoms with van der Waals surface area (Å²) in [5.74, 6) is -0.353. The minimum Gasteiger partial charge on any atom is -0.375 e. The molecule has 5 heteroatoms. The standard InChI is InChI=1S/C24H29N3O2/c1-17-23(29)27(16-19-13-9-6-10-14-19)20(21(26-17)24(2,3)4)22(28)25-15-18-11-7-5-8-12-18/h5-14,17,26H,15-16H2,1-4H3,(H,25,28)/t17-/m1/s1. The minimum absolute atomic E-state index is 0.105. The highest BCUT2D eigenvalue weighted by Crippen LogP contribution is 2.32. The molecule has 0 spiro atoms. The summed E-state index contributed by atoms with van der Waals surface area (Å²) in [6, 6.07) is 19.1. The van der Waals surface area contributed by atoms with Gasteiger partial charge in [0.15, 0.2) is 0 Å². The predicted octanol–water partition coefficient (Wildman–Crippen LogP) is 3.58. The summed E-state index contributed by atoms with van der Waals surface area (Å²) in [6.45, 7) is 8.74. The molecule has 0 unspecified atom stereocenters. The predicted molar refractivity (Wildman–Crippen MR) is 114 cm³/mol. The molecule has 2 aromatic rings. The molecule has 1 atom stereocenters. The summed E-state index contributed by atoms with van der Waals surface area (Å²) < 4.78 is 0. The van der Waals surface area contributed by atoms with E-state index in [2.05, 4.69) is 10.6 Å². The van der Waals surface area contributed by atoms with Gasteiger partial charge in [0.1, 0.15) is 11.7 Å². The van der Waals surface area contributed by atoms with Crippen LogP contribution >= 0.6 is 0 Å². The molecule has 152 valence electrons. The Morgan fingerprint density at radius 1 is 1.00 bits per heavy atom. The SMILES string of the molecule is C[C@H]1NC(C(C)(C)C)=C(C(=O)NCc2ccccc2)N(Cc2ccccc2)C1=O. The molecule has 2 amide bonds.